The highest BCUT2D eigenvalue weighted by atomic mass is 16.5. The Morgan fingerprint density at radius 1 is 1.09 bits per heavy atom. The second kappa shape index (κ2) is 2.69. The first-order valence-electron chi connectivity index (χ1n) is 3.42. The molecule has 5 heteroatoms. The second-order valence-electron chi connectivity index (χ2n) is 2.98. The third-order valence-corrected chi connectivity index (χ3v) is 1.89. The van der Waals surface area contributed by atoms with Crippen molar-refractivity contribution in [3.63, 3.8) is 0 Å². The van der Waals surface area contributed by atoms with Gasteiger partial charge in [0.05, 0.1) is 12.2 Å². The Morgan fingerprint density at radius 2 is 1.64 bits per heavy atom. The van der Waals surface area contributed by atoms with Gasteiger partial charge < -0.3 is 25.5 Å². The smallest absolute Gasteiger partial charge is 0.194 e. The Hall–Kier alpha value is -0.200. The molecule has 1 fully saturated rings. The van der Waals surface area contributed by atoms with Crippen LogP contribution in [0.25, 0.3) is 0 Å². The van der Waals surface area contributed by atoms with Crippen molar-refractivity contribution in [2.24, 2.45) is 0 Å². The maximum absolute atomic E-state index is 8.97. The van der Waals surface area contributed by atoms with E-state index in [1.807, 2.05) is 0 Å². The molecule has 0 aromatic carbocycles. The van der Waals surface area contributed by atoms with Gasteiger partial charge in [0.1, 0.15) is 6.10 Å². The molecule has 1 aliphatic rings. The van der Waals surface area contributed by atoms with Crippen LogP contribution in [-0.2, 0) is 0 Å². The summed E-state index contributed by atoms with van der Waals surface area (Å²) in [6.07, 6.45) is -4.18. The van der Waals surface area contributed by atoms with E-state index in [1.165, 1.54) is 0 Å². The predicted molar refractivity (Wildman–Crippen MR) is 34.4 cm³/mol. The van der Waals surface area contributed by atoms with E-state index in [1.54, 1.807) is 0 Å². The van der Waals surface area contributed by atoms with Gasteiger partial charge in [-0.15, -0.1) is 0 Å². The number of rotatable bonds is 0. The monoisotopic (exact) mass is 164 g/mol. The fourth-order valence-electron chi connectivity index (χ4n) is 1.27. The molecular weight excluding hydrogens is 152 g/mol. The van der Waals surface area contributed by atoms with E-state index in [0.29, 0.717) is 0 Å². The van der Waals surface area contributed by atoms with Crippen molar-refractivity contribution >= 4 is 0 Å². The van der Waals surface area contributed by atoms with E-state index in [2.05, 4.69) is 0 Å². The topological polar surface area (TPSA) is 101 Å². The first-order chi connectivity index (χ1) is 4.93. The van der Waals surface area contributed by atoms with E-state index >= 15 is 0 Å². The van der Waals surface area contributed by atoms with E-state index < -0.39 is 24.1 Å². The zero-order chi connectivity index (χ0) is 8.65. The summed E-state index contributed by atoms with van der Waals surface area (Å²) in [7, 11) is 0. The van der Waals surface area contributed by atoms with Crippen molar-refractivity contribution in [1.82, 2.24) is 0 Å². The molecule has 0 aromatic heterocycles. The zero-order valence-corrected chi connectivity index (χ0v) is 5.88. The summed E-state index contributed by atoms with van der Waals surface area (Å²) >= 11 is 0. The minimum Gasteiger partial charge on any atom is -0.393 e. The minimum absolute atomic E-state index is 0.0238. The molecule has 0 amide bonds. The van der Waals surface area contributed by atoms with E-state index in [0.717, 1.165) is 0 Å². The zero-order valence-electron chi connectivity index (χ0n) is 5.88. The van der Waals surface area contributed by atoms with Crippen LogP contribution in [0.5, 0.6) is 0 Å². The number of hydrogen-bond donors (Lipinski definition) is 5. The van der Waals surface area contributed by atoms with Crippen LogP contribution >= 0.6 is 0 Å². The van der Waals surface area contributed by atoms with Crippen LogP contribution in [0.15, 0.2) is 0 Å². The van der Waals surface area contributed by atoms with Gasteiger partial charge >= 0.3 is 0 Å². The fraction of sp³-hybridized carbons (Fsp3) is 1.00. The Labute approximate surface area is 63.5 Å². The quantitative estimate of drug-likeness (QED) is 0.256. The molecule has 0 spiro atoms. The van der Waals surface area contributed by atoms with Crippen molar-refractivity contribution in [2.75, 3.05) is 0 Å². The van der Waals surface area contributed by atoms with Crippen LogP contribution in [-0.4, -0.2) is 49.6 Å². The SMILES string of the molecule is OC1CC(O)C(O)C(O)(O)C1. The molecular formula is C6H12O5. The molecule has 0 radical (unpaired) electrons. The summed E-state index contributed by atoms with van der Waals surface area (Å²) in [4.78, 5) is 0. The molecule has 3 unspecified atom stereocenters. The van der Waals surface area contributed by atoms with Crippen molar-refractivity contribution < 1.29 is 25.5 Å². The maximum atomic E-state index is 8.97. The van der Waals surface area contributed by atoms with Crippen molar-refractivity contribution in [3.8, 4) is 0 Å². The fourth-order valence-corrected chi connectivity index (χ4v) is 1.27. The predicted octanol–water partition coefficient (Wildman–Crippen LogP) is -2.46. The first-order valence-corrected chi connectivity index (χ1v) is 3.42. The highest BCUT2D eigenvalue weighted by Gasteiger charge is 2.44. The van der Waals surface area contributed by atoms with Crippen LogP contribution in [0.1, 0.15) is 12.8 Å². The highest BCUT2D eigenvalue weighted by Crippen LogP contribution is 2.26. The normalized spacial score (nSPS) is 43.9. The van der Waals surface area contributed by atoms with Gasteiger partial charge in [0.2, 0.25) is 0 Å². The molecule has 0 saturated heterocycles. The molecule has 0 bridgehead atoms. The number of aliphatic hydroxyl groups is 5. The Kier molecular flexibility index (Phi) is 2.17. The molecule has 0 heterocycles. The summed E-state index contributed by atoms with van der Waals surface area (Å²) in [6, 6.07) is 0. The van der Waals surface area contributed by atoms with E-state index in [4.69, 9.17) is 25.5 Å². The first kappa shape index (κ1) is 8.89. The second-order valence-corrected chi connectivity index (χ2v) is 2.98. The molecule has 0 aliphatic heterocycles. The molecule has 3 atom stereocenters. The molecule has 11 heavy (non-hydrogen) atoms. The van der Waals surface area contributed by atoms with Crippen molar-refractivity contribution in [2.45, 2.75) is 36.9 Å². The van der Waals surface area contributed by atoms with Crippen LogP contribution in [0.4, 0.5) is 0 Å². The molecule has 66 valence electrons. The van der Waals surface area contributed by atoms with E-state index in [9.17, 15) is 0 Å². The lowest BCUT2D eigenvalue weighted by atomic mass is 9.87. The van der Waals surface area contributed by atoms with Crippen LogP contribution in [0.3, 0.4) is 0 Å². The van der Waals surface area contributed by atoms with Gasteiger partial charge in [0.15, 0.2) is 5.79 Å². The third kappa shape index (κ3) is 1.69. The molecule has 1 aliphatic carbocycles. The summed E-state index contributed by atoms with van der Waals surface area (Å²) in [6.45, 7) is 0. The lowest BCUT2D eigenvalue weighted by Gasteiger charge is -2.37. The standard InChI is InChI=1S/C6H12O5/c7-3-1-4(8)5(9)6(10,11)2-3/h3-5,7-11H,1-2H2. The van der Waals surface area contributed by atoms with Crippen LogP contribution in [0, 0.1) is 0 Å². The van der Waals surface area contributed by atoms with Gasteiger partial charge in [-0.1, -0.05) is 0 Å². The number of aliphatic hydroxyl groups excluding tert-OH is 3. The summed E-state index contributed by atoms with van der Waals surface area (Å²) in [5.41, 5.74) is 0. The van der Waals surface area contributed by atoms with Gasteiger partial charge in [-0.3, -0.25) is 0 Å². The number of hydrogen-bond acceptors (Lipinski definition) is 5. The van der Waals surface area contributed by atoms with Crippen molar-refractivity contribution in [1.29, 1.82) is 0 Å². The summed E-state index contributed by atoms with van der Waals surface area (Å²) in [5, 5.41) is 44.8. The van der Waals surface area contributed by atoms with Crippen molar-refractivity contribution in [3.05, 3.63) is 0 Å². The Bertz CT molecular complexity index is 146. The third-order valence-electron chi connectivity index (χ3n) is 1.89. The van der Waals surface area contributed by atoms with Gasteiger partial charge in [-0.25, -0.2) is 0 Å². The summed E-state index contributed by atoms with van der Waals surface area (Å²) < 4.78 is 0. The lowest BCUT2D eigenvalue weighted by molar-refractivity contribution is -0.279. The lowest BCUT2D eigenvalue weighted by Crippen LogP contribution is -2.55. The van der Waals surface area contributed by atoms with Gasteiger partial charge in [-0.05, 0) is 0 Å². The maximum Gasteiger partial charge on any atom is 0.194 e. The molecule has 5 nitrogen and oxygen atoms in total. The van der Waals surface area contributed by atoms with Crippen LogP contribution in [0.2, 0.25) is 0 Å². The molecule has 0 aromatic rings. The average molecular weight is 164 g/mol. The highest BCUT2D eigenvalue weighted by molar-refractivity contribution is 4.90. The Balaban J connectivity index is 2.67. The van der Waals surface area contributed by atoms with E-state index in [-0.39, 0.29) is 12.8 Å². The Morgan fingerprint density at radius 3 is 2.09 bits per heavy atom. The van der Waals surface area contributed by atoms with Crippen LogP contribution < -0.4 is 0 Å². The molecule has 5 N–H and O–H groups in total. The van der Waals surface area contributed by atoms with Gasteiger partial charge in [0.25, 0.3) is 0 Å². The average Bonchev–Trinajstić information content (AvgIpc) is 1.81. The summed E-state index contributed by atoms with van der Waals surface area (Å²) in [5.74, 6) is -2.36. The molecule has 1 rings (SSSR count). The minimum atomic E-state index is -2.36. The van der Waals surface area contributed by atoms with Gasteiger partial charge in [-0.2, -0.15) is 0 Å². The van der Waals surface area contributed by atoms with Gasteiger partial charge in [0, 0.05) is 12.8 Å². The largest absolute Gasteiger partial charge is 0.393 e. The molecule has 1 saturated carbocycles.